The zero-order valence-electron chi connectivity index (χ0n) is 15.6. The SMILES string of the molecule is COc1ccc(C(=O)NC(C)c2ccccc2Cl)cc1S(=O)(=O)NC(C)C. The van der Waals surface area contributed by atoms with Gasteiger partial charge in [-0.05, 0) is 50.6 Å². The Kier molecular flexibility index (Phi) is 6.86. The molecule has 2 aromatic carbocycles. The van der Waals surface area contributed by atoms with E-state index in [-0.39, 0.29) is 28.3 Å². The fraction of sp³-hybridized carbons (Fsp3) is 0.316. The standard InChI is InChI=1S/C19H23ClN2O4S/c1-12(2)22-27(24,25)18-11-14(9-10-17(18)26-4)19(23)21-13(3)15-7-5-6-8-16(15)20/h5-13,22H,1-4H3,(H,21,23). The van der Waals surface area contributed by atoms with Gasteiger partial charge in [0.15, 0.2) is 0 Å². The molecule has 1 unspecified atom stereocenters. The second-order valence-electron chi connectivity index (χ2n) is 6.36. The van der Waals surface area contributed by atoms with Gasteiger partial charge in [0.2, 0.25) is 10.0 Å². The molecule has 2 N–H and O–H groups in total. The average Bonchev–Trinajstić information content (AvgIpc) is 2.60. The van der Waals surface area contributed by atoms with Gasteiger partial charge in [-0.2, -0.15) is 0 Å². The quantitative estimate of drug-likeness (QED) is 0.731. The van der Waals surface area contributed by atoms with E-state index in [0.717, 1.165) is 5.56 Å². The van der Waals surface area contributed by atoms with E-state index in [0.29, 0.717) is 5.02 Å². The summed E-state index contributed by atoms with van der Waals surface area (Å²) in [6.07, 6.45) is 0. The maximum Gasteiger partial charge on any atom is 0.251 e. The summed E-state index contributed by atoms with van der Waals surface area (Å²) in [7, 11) is -2.44. The number of ether oxygens (including phenoxy) is 1. The smallest absolute Gasteiger partial charge is 0.251 e. The molecule has 0 aromatic heterocycles. The van der Waals surface area contributed by atoms with Gasteiger partial charge >= 0.3 is 0 Å². The first-order valence-corrected chi connectivity index (χ1v) is 10.3. The van der Waals surface area contributed by atoms with Crippen molar-refractivity contribution in [3.63, 3.8) is 0 Å². The summed E-state index contributed by atoms with van der Waals surface area (Å²) < 4.78 is 32.7. The molecule has 146 valence electrons. The number of carbonyl (C=O) groups is 1. The van der Waals surface area contributed by atoms with Crippen LogP contribution >= 0.6 is 11.6 Å². The molecule has 0 fully saturated rings. The fourth-order valence-electron chi connectivity index (χ4n) is 2.59. The molecule has 6 nitrogen and oxygen atoms in total. The molecule has 0 saturated heterocycles. The van der Waals surface area contributed by atoms with Crippen molar-refractivity contribution < 1.29 is 17.9 Å². The van der Waals surface area contributed by atoms with Crippen LogP contribution in [0.1, 0.15) is 42.7 Å². The van der Waals surface area contributed by atoms with Gasteiger partial charge in [0.25, 0.3) is 5.91 Å². The first-order chi connectivity index (χ1) is 12.7. The second-order valence-corrected chi connectivity index (χ2v) is 8.45. The molecule has 0 radical (unpaired) electrons. The molecule has 2 aromatic rings. The molecule has 0 spiro atoms. The number of hydrogen-bond acceptors (Lipinski definition) is 4. The van der Waals surface area contributed by atoms with Gasteiger partial charge in [0, 0.05) is 16.6 Å². The highest BCUT2D eigenvalue weighted by Gasteiger charge is 2.23. The highest BCUT2D eigenvalue weighted by atomic mass is 35.5. The van der Waals surface area contributed by atoms with Crippen LogP contribution in [-0.2, 0) is 10.0 Å². The minimum Gasteiger partial charge on any atom is -0.495 e. The second kappa shape index (κ2) is 8.73. The number of halogens is 1. The van der Waals surface area contributed by atoms with Crippen molar-refractivity contribution in [1.29, 1.82) is 0 Å². The third-order valence-electron chi connectivity index (χ3n) is 3.83. The minimum absolute atomic E-state index is 0.0863. The van der Waals surface area contributed by atoms with Gasteiger partial charge in [-0.3, -0.25) is 4.79 Å². The van der Waals surface area contributed by atoms with Gasteiger partial charge in [-0.15, -0.1) is 0 Å². The van der Waals surface area contributed by atoms with Crippen molar-refractivity contribution in [1.82, 2.24) is 10.0 Å². The molecular weight excluding hydrogens is 388 g/mol. The predicted molar refractivity (Wildman–Crippen MR) is 106 cm³/mol. The van der Waals surface area contributed by atoms with Crippen LogP contribution in [0.4, 0.5) is 0 Å². The Morgan fingerprint density at radius 2 is 1.78 bits per heavy atom. The number of rotatable bonds is 7. The highest BCUT2D eigenvalue weighted by molar-refractivity contribution is 7.89. The van der Waals surface area contributed by atoms with E-state index >= 15 is 0 Å². The van der Waals surface area contributed by atoms with Crippen molar-refractivity contribution in [3.8, 4) is 5.75 Å². The molecule has 27 heavy (non-hydrogen) atoms. The van der Waals surface area contributed by atoms with Crippen LogP contribution in [0.5, 0.6) is 5.75 Å². The predicted octanol–water partition coefficient (Wildman–Crippen LogP) is 3.53. The summed E-state index contributed by atoms with van der Waals surface area (Å²) >= 11 is 6.17. The van der Waals surface area contributed by atoms with Crippen LogP contribution < -0.4 is 14.8 Å². The van der Waals surface area contributed by atoms with E-state index in [1.165, 1.54) is 25.3 Å². The van der Waals surface area contributed by atoms with Crippen molar-refractivity contribution >= 4 is 27.5 Å². The summed E-state index contributed by atoms with van der Waals surface area (Å²) in [6, 6.07) is 10.9. The van der Waals surface area contributed by atoms with Gasteiger partial charge in [0.1, 0.15) is 10.6 Å². The lowest BCUT2D eigenvalue weighted by Gasteiger charge is -2.17. The summed E-state index contributed by atoms with van der Waals surface area (Å²) in [5.41, 5.74) is 0.981. The lowest BCUT2D eigenvalue weighted by molar-refractivity contribution is 0.0939. The Labute approximate surface area is 164 Å². The summed E-state index contributed by atoms with van der Waals surface area (Å²) in [4.78, 5) is 12.5. The highest BCUT2D eigenvalue weighted by Crippen LogP contribution is 2.26. The maximum absolute atomic E-state index is 12.6. The summed E-state index contributed by atoms with van der Waals surface area (Å²) in [6.45, 7) is 5.23. The van der Waals surface area contributed by atoms with Gasteiger partial charge in [-0.25, -0.2) is 13.1 Å². The molecule has 0 saturated carbocycles. The molecule has 0 bridgehead atoms. The topological polar surface area (TPSA) is 84.5 Å². The normalized spacial score (nSPS) is 12.7. The van der Waals surface area contributed by atoms with E-state index in [2.05, 4.69) is 10.0 Å². The largest absolute Gasteiger partial charge is 0.495 e. The monoisotopic (exact) mass is 410 g/mol. The third kappa shape index (κ3) is 5.22. The number of nitrogens with one attached hydrogen (secondary N) is 2. The number of methoxy groups -OCH3 is 1. The van der Waals surface area contributed by atoms with E-state index in [4.69, 9.17) is 16.3 Å². The number of amides is 1. The third-order valence-corrected chi connectivity index (χ3v) is 5.85. The Balaban J connectivity index is 2.32. The van der Waals surface area contributed by atoms with E-state index in [1.54, 1.807) is 26.8 Å². The van der Waals surface area contributed by atoms with Crippen molar-refractivity contribution in [3.05, 3.63) is 58.6 Å². The fourth-order valence-corrected chi connectivity index (χ4v) is 4.33. The van der Waals surface area contributed by atoms with E-state index in [9.17, 15) is 13.2 Å². The van der Waals surface area contributed by atoms with E-state index < -0.39 is 15.9 Å². The molecule has 0 heterocycles. The number of sulfonamides is 1. The first kappa shape index (κ1) is 21.2. The van der Waals surface area contributed by atoms with Crippen molar-refractivity contribution in [2.45, 2.75) is 37.8 Å². The van der Waals surface area contributed by atoms with Crippen molar-refractivity contribution in [2.24, 2.45) is 0 Å². The van der Waals surface area contributed by atoms with Crippen LogP contribution in [0.2, 0.25) is 5.02 Å². The molecule has 2 rings (SSSR count). The zero-order chi connectivity index (χ0) is 20.2. The molecule has 1 amide bonds. The zero-order valence-corrected chi connectivity index (χ0v) is 17.2. The van der Waals surface area contributed by atoms with E-state index in [1.807, 2.05) is 18.2 Å². The van der Waals surface area contributed by atoms with Gasteiger partial charge in [-0.1, -0.05) is 29.8 Å². The molecule has 0 aliphatic carbocycles. The number of carbonyl (C=O) groups excluding carboxylic acids is 1. The molecule has 0 aliphatic rings. The Bertz CT molecular complexity index is 929. The van der Waals surface area contributed by atoms with Crippen molar-refractivity contribution in [2.75, 3.05) is 7.11 Å². The lowest BCUT2D eigenvalue weighted by atomic mass is 10.1. The van der Waals surface area contributed by atoms with Gasteiger partial charge in [0.05, 0.1) is 13.2 Å². The van der Waals surface area contributed by atoms with Crippen LogP contribution in [0.3, 0.4) is 0 Å². The number of benzene rings is 2. The Morgan fingerprint density at radius 1 is 1.11 bits per heavy atom. The first-order valence-electron chi connectivity index (χ1n) is 8.41. The Morgan fingerprint density at radius 3 is 2.37 bits per heavy atom. The molecule has 0 aliphatic heterocycles. The summed E-state index contributed by atoms with van der Waals surface area (Å²) in [5.74, 6) is -0.245. The van der Waals surface area contributed by atoms with Crippen LogP contribution in [0.15, 0.2) is 47.4 Å². The van der Waals surface area contributed by atoms with Crippen LogP contribution in [0.25, 0.3) is 0 Å². The minimum atomic E-state index is -3.82. The summed E-state index contributed by atoms with van der Waals surface area (Å²) in [5, 5.41) is 3.38. The van der Waals surface area contributed by atoms with Crippen LogP contribution in [-0.4, -0.2) is 27.5 Å². The Hall–Kier alpha value is -2.09. The average molecular weight is 411 g/mol. The lowest BCUT2D eigenvalue weighted by Crippen LogP contribution is -2.31. The molecule has 1 atom stereocenters. The maximum atomic E-state index is 12.6. The van der Waals surface area contributed by atoms with Crippen LogP contribution in [0, 0.1) is 0 Å². The number of hydrogen-bond donors (Lipinski definition) is 2. The van der Waals surface area contributed by atoms with Gasteiger partial charge < -0.3 is 10.1 Å². The molecule has 8 heteroatoms. The molecular formula is C19H23ClN2O4S.